The molecule has 1 fully saturated rings. The zero-order valence-electron chi connectivity index (χ0n) is 15.5. The summed E-state index contributed by atoms with van der Waals surface area (Å²) in [6.07, 6.45) is 2.77. The molecule has 3 heterocycles. The van der Waals surface area contributed by atoms with Crippen molar-refractivity contribution in [2.45, 2.75) is 12.5 Å². The Kier molecular flexibility index (Phi) is 4.61. The maximum absolute atomic E-state index is 14.0. The molecule has 1 atom stereocenters. The summed E-state index contributed by atoms with van der Waals surface area (Å²) in [5.74, 6) is -0.231. The minimum atomic E-state index is -0.436. The van der Waals surface area contributed by atoms with Gasteiger partial charge >= 0.3 is 0 Å². The number of carbonyl (C=O) groups is 1. The first kappa shape index (κ1) is 17.9. The van der Waals surface area contributed by atoms with E-state index in [0.717, 1.165) is 19.5 Å². The number of fused-ring (bicyclic) bond motifs is 1. The van der Waals surface area contributed by atoms with Gasteiger partial charge < -0.3 is 14.5 Å². The number of benzene rings is 1. The summed E-state index contributed by atoms with van der Waals surface area (Å²) in [5, 5.41) is 1.84. The van der Waals surface area contributed by atoms with Crippen LogP contribution in [0.15, 0.2) is 29.8 Å². The average Bonchev–Trinajstić information content (AvgIpc) is 3.36. The molecular weight excluding hydrogens is 367 g/mol. The molecule has 0 N–H and O–H groups in total. The fourth-order valence-corrected chi connectivity index (χ4v) is 4.26. The van der Waals surface area contributed by atoms with Gasteiger partial charge in [-0.3, -0.25) is 9.20 Å². The van der Waals surface area contributed by atoms with Gasteiger partial charge in [-0.25, -0.2) is 9.37 Å². The number of ether oxygens (including phenoxy) is 1. The average molecular weight is 388 g/mol. The lowest BCUT2D eigenvalue weighted by Gasteiger charge is -2.20. The van der Waals surface area contributed by atoms with E-state index in [9.17, 15) is 9.18 Å². The number of hydrogen-bond donors (Lipinski definition) is 0. The molecule has 2 aromatic heterocycles. The summed E-state index contributed by atoms with van der Waals surface area (Å²) in [6.45, 7) is 1.48. The molecule has 0 radical (unpaired) electrons. The first-order valence-corrected chi connectivity index (χ1v) is 9.62. The van der Waals surface area contributed by atoms with Crippen molar-refractivity contribution in [1.29, 1.82) is 0 Å². The fraction of sp³-hybridized carbons (Fsp3) is 0.368. The highest BCUT2D eigenvalue weighted by Crippen LogP contribution is 2.28. The molecule has 8 heteroatoms. The van der Waals surface area contributed by atoms with Crippen LogP contribution in [0.2, 0.25) is 0 Å². The molecule has 0 aliphatic carbocycles. The number of rotatable bonds is 4. The predicted molar refractivity (Wildman–Crippen MR) is 103 cm³/mol. The zero-order valence-corrected chi connectivity index (χ0v) is 16.3. The molecule has 0 spiro atoms. The number of carbonyl (C=O) groups excluding carboxylic acids is 1. The predicted octanol–water partition coefficient (Wildman–Crippen LogP) is 2.99. The topological polar surface area (TPSA) is 50.1 Å². The van der Waals surface area contributed by atoms with Gasteiger partial charge in [-0.2, -0.15) is 0 Å². The van der Waals surface area contributed by atoms with Crippen molar-refractivity contribution in [2.75, 3.05) is 34.3 Å². The highest BCUT2D eigenvalue weighted by atomic mass is 32.1. The van der Waals surface area contributed by atoms with Crippen LogP contribution in [0.1, 0.15) is 16.9 Å². The summed E-state index contributed by atoms with van der Waals surface area (Å²) in [5.41, 5.74) is 1.88. The van der Waals surface area contributed by atoms with Gasteiger partial charge in [0.05, 0.1) is 12.8 Å². The summed E-state index contributed by atoms with van der Waals surface area (Å²) >= 11 is 1.41. The van der Waals surface area contributed by atoms with Crippen molar-refractivity contribution in [3.05, 3.63) is 41.3 Å². The number of aromatic nitrogens is 2. The van der Waals surface area contributed by atoms with Crippen LogP contribution in [0, 0.1) is 5.82 Å². The van der Waals surface area contributed by atoms with Crippen LogP contribution < -0.4 is 4.74 Å². The van der Waals surface area contributed by atoms with Crippen molar-refractivity contribution in [3.63, 3.8) is 0 Å². The van der Waals surface area contributed by atoms with E-state index in [-0.39, 0.29) is 11.7 Å². The third-order valence-corrected chi connectivity index (χ3v) is 5.90. The van der Waals surface area contributed by atoms with Gasteiger partial charge in [-0.05, 0) is 38.7 Å². The standard InChI is InChI=1S/C19H21FN4O2S/c1-22(2)13-6-7-23(9-13)18(25)16-11-27-19-21-15(10-24(16)19)12-4-5-17(26-3)14(20)8-12/h4-5,8,10-11,13H,6-7,9H2,1-3H3. The Labute approximate surface area is 160 Å². The molecule has 1 amide bonds. The quantitative estimate of drug-likeness (QED) is 0.690. The van der Waals surface area contributed by atoms with Crippen LogP contribution in [-0.2, 0) is 0 Å². The van der Waals surface area contributed by atoms with Crippen LogP contribution in [0.4, 0.5) is 4.39 Å². The van der Waals surface area contributed by atoms with Gasteiger partial charge in [-0.1, -0.05) is 0 Å². The number of imidazole rings is 1. The molecule has 142 valence electrons. The summed E-state index contributed by atoms with van der Waals surface area (Å²) in [4.78, 5) is 22.3. The van der Waals surface area contributed by atoms with E-state index < -0.39 is 5.82 Å². The number of likely N-dealkylation sites (N-methyl/N-ethyl adjacent to an activating group) is 1. The van der Waals surface area contributed by atoms with Crippen molar-refractivity contribution >= 4 is 22.2 Å². The summed E-state index contributed by atoms with van der Waals surface area (Å²) in [6, 6.07) is 5.13. The molecule has 0 bridgehead atoms. The zero-order chi connectivity index (χ0) is 19.1. The van der Waals surface area contributed by atoms with E-state index in [1.165, 1.54) is 24.5 Å². The number of halogens is 1. The number of amides is 1. The molecule has 1 saturated heterocycles. The minimum Gasteiger partial charge on any atom is -0.494 e. The number of thiazole rings is 1. The van der Waals surface area contributed by atoms with Crippen LogP contribution in [0.3, 0.4) is 0 Å². The first-order chi connectivity index (χ1) is 13.0. The Morgan fingerprint density at radius 1 is 1.41 bits per heavy atom. The van der Waals surface area contributed by atoms with E-state index in [1.54, 1.807) is 22.7 Å². The van der Waals surface area contributed by atoms with Gasteiger partial charge in [0.1, 0.15) is 5.69 Å². The molecule has 4 rings (SSSR count). The molecule has 3 aromatic rings. The first-order valence-electron chi connectivity index (χ1n) is 8.74. The van der Waals surface area contributed by atoms with Gasteiger partial charge in [-0.15, -0.1) is 11.3 Å². The molecule has 27 heavy (non-hydrogen) atoms. The highest BCUT2D eigenvalue weighted by molar-refractivity contribution is 7.15. The van der Waals surface area contributed by atoms with Crippen LogP contribution in [0.25, 0.3) is 16.2 Å². The van der Waals surface area contributed by atoms with Crippen molar-refractivity contribution in [2.24, 2.45) is 0 Å². The Bertz CT molecular complexity index is 997. The number of nitrogens with zero attached hydrogens (tertiary/aromatic N) is 4. The number of hydrogen-bond acceptors (Lipinski definition) is 5. The van der Waals surface area contributed by atoms with E-state index in [4.69, 9.17) is 4.74 Å². The van der Waals surface area contributed by atoms with Gasteiger partial charge in [0.15, 0.2) is 16.5 Å². The maximum Gasteiger partial charge on any atom is 0.271 e. The van der Waals surface area contributed by atoms with Crippen LogP contribution in [0.5, 0.6) is 5.75 Å². The highest BCUT2D eigenvalue weighted by Gasteiger charge is 2.29. The maximum atomic E-state index is 14.0. The third-order valence-electron chi connectivity index (χ3n) is 5.06. The smallest absolute Gasteiger partial charge is 0.271 e. The second-order valence-corrected chi connectivity index (χ2v) is 7.74. The van der Waals surface area contributed by atoms with E-state index in [0.29, 0.717) is 28.0 Å². The monoisotopic (exact) mass is 388 g/mol. The third kappa shape index (κ3) is 3.19. The van der Waals surface area contributed by atoms with Gasteiger partial charge in [0.25, 0.3) is 5.91 Å². The molecule has 1 aliphatic heterocycles. The summed E-state index contributed by atoms with van der Waals surface area (Å²) < 4.78 is 20.8. The van der Waals surface area contributed by atoms with Gasteiger partial charge in [0.2, 0.25) is 0 Å². The molecule has 1 aliphatic rings. The fourth-order valence-electron chi connectivity index (χ4n) is 3.41. The van der Waals surface area contributed by atoms with E-state index in [2.05, 4.69) is 9.88 Å². The van der Waals surface area contributed by atoms with Gasteiger partial charge in [0, 0.05) is 36.3 Å². The Hall–Kier alpha value is -2.45. The molecule has 1 aromatic carbocycles. The number of methoxy groups -OCH3 is 1. The lowest BCUT2D eigenvalue weighted by Crippen LogP contribution is -2.34. The minimum absolute atomic E-state index is 0.00969. The van der Waals surface area contributed by atoms with E-state index in [1.807, 2.05) is 24.4 Å². The van der Waals surface area contributed by atoms with Crippen LogP contribution >= 0.6 is 11.3 Å². The summed E-state index contributed by atoms with van der Waals surface area (Å²) in [7, 11) is 5.51. The van der Waals surface area contributed by atoms with Crippen molar-refractivity contribution in [3.8, 4) is 17.0 Å². The second kappa shape index (κ2) is 6.94. The molecule has 0 saturated carbocycles. The number of likely N-dealkylation sites (tertiary alicyclic amines) is 1. The van der Waals surface area contributed by atoms with Crippen molar-refractivity contribution < 1.29 is 13.9 Å². The molecular formula is C19H21FN4O2S. The van der Waals surface area contributed by atoms with E-state index >= 15 is 0 Å². The Morgan fingerprint density at radius 2 is 2.22 bits per heavy atom. The Morgan fingerprint density at radius 3 is 2.89 bits per heavy atom. The lowest BCUT2D eigenvalue weighted by molar-refractivity contribution is 0.0776. The van der Waals surface area contributed by atoms with Crippen LogP contribution in [-0.4, -0.2) is 65.4 Å². The second-order valence-electron chi connectivity index (χ2n) is 6.91. The lowest BCUT2D eigenvalue weighted by atomic mass is 10.1. The SMILES string of the molecule is COc1ccc(-c2cn3c(C(=O)N4CCC(N(C)C)C4)csc3n2)cc1F. The Balaban J connectivity index is 1.63. The molecule has 6 nitrogen and oxygen atoms in total. The van der Waals surface area contributed by atoms with Crippen molar-refractivity contribution in [1.82, 2.24) is 19.2 Å². The molecule has 1 unspecified atom stereocenters. The largest absolute Gasteiger partial charge is 0.494 e. The normalized spacial score (nSPS) is 17.2.